The SMILES string of the molecule is CC1=CC(COO)NC1. The van der Waals surface area contributed by atoms with Gasteiger partial charge in [-0.2, -0.15) is 0 Å². The van der Waals surface area contributed by atoms with E-state index in [0.717, 1.165) is 6.54 Å². The van der Waals surface area contributed by atoms with Gasteiger partial charge in [-0.25, -0.2) is 4.89 Å². The van der Waals surface area contributed by atoms with Gasteiger partial charge in [0.1, 0.15) is 6.61 Å². The Morgan fingerprint density at radius 3 is 3.22 bits per heavy atom. The summed E-state index contributed by atoms with van der Waals surface area (Å²) in [5, 5.41) is 11.2. The molecule has 2 N–H and O–H groups in total. The molecule has 0 saturated heterocycles. The van der Waals surface area contributed by atoms with Crippen molar-refractivity contribution in [2.45, 2.75) is 13.0 Å². The number of hydrogen-bond acceptors (Lipinski definition) is 3. The van der Waals surface area contributed by atoms with E-state index in [1.165, 1.54) is 5.57 Å². The summed E-state index contributed by atoms with van der Waals surface area (Å²) in [7, 11) is 0. The molecule has 0 radical (unpaired) electrons. The smallest absolute Gasteiger partial charge is 0.101 e. The highest BCUT2D eigenvalue weighted by Gasteiger charge is 2.10. The van der Waals surface area contributed by atoms with Gasteiger partial charge in [-0.3, -0.25) is 5.26 Å². The maximum atomic E-state index is 8.04. The molecule has 0 fully saturated rings. The third-order valence-electron chi connectivity index (χ3n) is 1.38. The fraction of sp³-hybridized carbons (Fsp3) is 0.667. The van der Waals surface area contributed by atoms with Crippen LogP contribution in [0.25, 0.3) is 0 Å². The van der Waals surface area contributed by atoms with Crippen molar-refractivity contribution in [1.29, 1.82) is 0 Å². The van der Waals surface area contributed by atoms with Crippen LogP contribution in [0.5, 0.6) is 0 Å². The van der Waals surface area contributed by atoms with Crippen molar-refractivity contribution >= 4 is 0 Å². The molecular formula is C6H11NO2. The fourth-order valence-corrected chi connectivity index (χ4v) is 0.941. The third-order valence-corrected chi connectivity index (χ3v) is 1.38. The van der Waals surface area contributed by atoms with Crippen LogP contribution < -0.4 is 5.32 Å². The predicted octanol–water partition coefficient (Wildman–Crippen LogP) is 0.394. The second kappa shape index (κ2) is 2.96. The Bertz CT molecular complexity index is 122. The van der Waals surface area contributed by atoms with Crippen LogP contribution in [0, 0.1) is 0 Å². The summed E-state index contributed by atoms with van der Waals surface area (Å²) in [6, 6.07) is 0.204. The normalized spacial score (nSPS) is 26.4. The Kier molecular flexibility index (Phi) is 2.22. The molecule has 1 atom stereocenters. The van der Waals surface area contributed by atoms with Crippen molar-refractivity contribution in [3.8, 4) is 0 Å². The molecule has 1 rings (SSSR count). The molecular weight excluding hydrogens is 118 g/mol. The summed E-state index contributed by atoms with van der Waals surface area (Å²) in [5.74, 6) is 0. The quantitative estimate of drug-likeness (QED) is 0.322. The van der Waals surface area contributed by atoms with Crippen molar-refractivity contribution in [2.75, 3.05) is 13.2 Å². The number of nitrogens with one attached hydrogen (secondary N) is 1. The van der Waals surface area contributed by atoms with Gasteiger partial charge in [0.15, 0.2) is 0 Å². The van der Waals surface area contributed by atoms with E-state index in [9.17, 15) is 0 Å². The Morgan fingerprint density at radius 2 is 2.78 bits per heavy atom. The lowest BCUT2D eigenvalue weighted by atomic mass is 10.3. The summed E-state index contributed by atoms with van der Waals surface area (Å²) >= 11 is 0. The highest BCUT2D eigenvalue weighted by molar-refractivity contribution is 5.12. The Labute approximate surface area is 54.3 Å². The average Bonchev–Trinajstić information content (AvgIpc) is 2.17. The maximum Gasteiger partial charge on any atom is 0.101 e. The topological polar surface area (TPSA) is 41.5 Å². The molecule has 3 heteroatoms. The van der Waals surface area contributed by atoms with Crippen LogP contribution in [0.4, 0.5) is 0 Å². The van der Waals surface area contributed by atoms with Crippen molar-refractivity contribution in [1.82, 2.24) is 5.32 Å². The van der Waals surface area contributed by atoms with E-state index in [0.29, 0.717) is 6.61 Å². The summed E-state index contributed by atoms with van der Waals surface area (Å²) in [5.41, 5.74) is 1.30. The summed E-state index contributed by atoms with van der Waals surface area (Å²) in [4.78, 5) is 3.97. The fourth-order valence-electron chi connectivity index (χ4n) is 0.941. The summed E-state index contributed by atoms with van der Waals surface area (Å²) < 4.78 is 0. The van der Waals surface area contributed by atoms with Crippen LogP contribution in [0.15, 0.2) is 11.6 Å². The van der Waals surface area contributed by atoms with E-state index in [1.54, 1.807) is 0 Å². The molecule has 1 unspecified atom stereocenters. The minimum atomic E-state index is 0.204. The Balaban J connectivity index is 2.29. The lowest BCUT2D eigenvalue weighted by molar-refractivity contribution is -0.244. The van der Waals surface area contributed by atoms with Gasteiger partial charge < -0.3 is 5.32 Å². The zero-order valence-corrected chi connectivity index (χ0v) is 5.42. The molecule has 0 aromatic rings. The van der Waals surface area contributed by atoms with Crippen molar-refractivity contribution in [3.05, 3.63) is 11.6 Å². The first-order valence-corrected chi connectivity index (χ1v) is 3.00. The molecule has 1 heterocycles. The van der Waals surface area contributed by atoms with E-state index in [2.05, 4.69) is 16.3 Å². The van der Waals surface area contributed by atoms with Crippen LogP contribution >= 0.6 is 0 Å². The largest absolute Gasteiger partial charge is 0.305 e. The van der Waals surface area contributed by atoms with Crippen LogP contribution in [-0.2, 0) is 4.89 Å². The molecule has 0 aromatic heterocycles. The third kappa shape index (κ3) is 1.78. The first-order chi connectivity index (χ1) is 4.33. The van der Waals surface area contributed by atoms with Crippen LogP contribution in [0.3, 0.4) is 0 Å². The first-order valence-electron chi connectivity index (χ1n) is 3.00. The van der Waals surface area contributed by atoms with Gasteiger partial charge >= 0.3 is 0 Å². The molecule has 9 heavy (non-hydrogen) atoms. The summed E-state index contributed by atoms with van der Waals surface area (Å²) in [6.07, 6.45) is 2.05. The molecule has 0 amide bonds. The average molecular weight is 129 g/mol. The molecule has 0 saturated carbocycles. The zero-order valence-electron chi connectivity index (χ0n) is 5.42. The van der Waals surface area contributed by atoms with E-state index in [4.69, 9.17) is 5.26 Å². The number of rotatable bonds is 2. The molecule has 1 aliphatic rings. The standard InChI is InChI=1S/C6H11NO2/c1-5-2-6(4-9-8)7-3-5/h2,6-8H,3-4H2,1H3. The van der Waals surface area contributed by atoms with Gasteiger partial charge in [-0.1, -0.05) is 11.6 Å². The molecule has 52 valence electrons. The minimum Gasteiger partial charge on any atom is -0.305 e. The highest BCUT2D eigenvalue weighted by Crippen LogP contribution is 2.02. The van der Waals surface area contributed by atoms with Crippen molar-refractivity contribution < 1.29 is 10.1 Å². The van der Waals surface area contributed by atoms with Gasteiger partial charge in [0, 0.05) is 6.54 Å². The highest BCUT2D eigenvalue weighted by atomic mass is 17.1. The van der Waals surface area contributed by atoms with Crippen LogP contribution in [0.1, 0.15) is 6.92 Å². The van der Waals surface area contributed by atoms with Gasteiger partial charge in [0.25, 0.3) is 0 Å². The van der Waals surface area contributed by atoms with E-state index >= 15 is 0 Å². The van der Waals surface area contributed by atoms with Gasteiger partial charge in [0.2, 0.25) is 0 Å². The van der Waals surface area contributed by atoms with E-state index < -0.39 is 0 Å². The predicted molar refractivity (Wildman–Crippen MR) is 34.1 cm³/mol. The Hall–Kier alpha value is -0.380. The van der Waals surface area contributed by atoms with Crippen molar-refractivity contribution in [2.24, 2.45) is 0 Å². The second-order valence-corrected chi connectivity index (χ2v) is 2.30. The van der Waals surface area contributed by atoms with E-state index in [1.807, 2.05) is 6.92 Å². The second-order valence-electron chi connectivity index (χ2n) is 2.30. The minimum absolute atomic E-state index is 0.204. The zero-order chi connectivity index (χ0) is 6.69. The Morgan fingerprint density at radius 1 is 2.00 bits per heavy atom. The molecule has 0 aliphatic carbocycles. The van der Waals surface area contributed by atoms with Gasteiger partial charge in [0.05, 0.1) is 6.04 Å². The van der Waals surface area contributed by atoms with Gasteiger partial charge in [-0.05, 0) is 6.92 Å². The molecule has 1 aliphatic heterocycles. The van der Waals surface area contributed by atoms with E-state index in [-0.39, 0.29) is 6.04 Å². The lowest BCUT2D eigenvalue weighted by Crippen LogP contribution is -2.26. The molecule has 0 spiro atoms. The first kappa shape index (κ1) is 6.74. The van der Waals surface area contributed by atoms with Gasteiger partial charge in [-0.15, -0.1) is 0 Å². The monoisotopic (exact) mass is 129 g/mol. The molecule has 0 bridgehead atoms. The van der Waals surface area contributed by atoms with Crippen LogP contribution in [0.2, 0.25) is 0 Å². The maximum absolute atomic E-state index is 8.04. The molecule has 0 aromatic carbocycles. The van der Waals surface area contributed by atoms with Crippen LogP contribution in [-0.4, -0.2) is 24.5 Å². The molecule has 3 nitrogen and oxygen atoms in total. The summed E-state index contributed by atoms with van der Waals surface area (Å²) in [6.45, 7) is 3.30. The van der Waals surface area contributed by atoms with Crippen molar-refractivity contribution in [3.63, 3.8) is 0 Å². The number of hydrogen-bond donors (Lipinski definition) is 2. The lowest BCUT2D eigenvalue weighted by Gasteiger charge is -2.03.